The second-order valence-electron chi connectivity index (χ2n) is 4.63. The smallest absolute Gasteiger partial charge is 0.232 e. The molecule has 0 amide bonds. The van der Waals surface area contributed by atoms with Gasteiger partial charge in [-0.3, -0.25) is 4.72 Å². The Morgan fingerprint density at radius 2 is 1.53 bits per heavy atom. The molecule has 0 spiro atoms. The Balaban J connectivity index is 2.52. The van der Waals surface area contributed by atoms with Gasteiger partial charge in [0.2, 0.25) is 10.0 Å². The maximum Gasteiger partial charge on any atom is 0.232 e. The molecular formula is C14H24N2O2S. The SMILES string of the molecule is CCCCNc1ccc(NS(=O)(=O)CCCC)cc1. The van der Waals surface area contributed by atoms with Crippen molar-refractivity contribution in [2.45, 2.75) is 39.5 Å². The molecule has 0 aliphatic rings. The van der Waals surface area contributed by atoms with Crippen LogP contribution in [0.4, 0.5) is 11.4 Å². The molecule has 0 aromatic heterocycles. The highest BCUT2D eigenvalue weighted by Gasteiger charge is 2.08. The molecule has 0 saturated heterocycles. The average molecular weight is 284 g/mol. The first-order valence-electron chi connectivity index (χ1n) is 6.92. The predicted molar refractivity (Wildman–Crippen MR) is 82.2 cm³/mol. The van der Waals surface area contributed by atoms with Crippen LogP contribution in [0.15, 0.2) is 24.3 Å². The lowest BCUT2D eigenvalue weighted by Gasteiger charge is -2.09. The van der Waals surface area contributed by atoms with E-state index in [1.54, 1.807) is 12.1 Å². The summed E-state index contributed by atoms with van der Waals surface area (Å²) < 4.78 is 26.0. The third-order valence-corrected chi connectivity index (χ3v) is 4.16. The van der Waals surface area contributed by atoms with Crippen molar-refractivity contribution in [1.29, 1.82) is 0 Å². The van der Waals surface area contributed by atoms with E-state index in [4.69, 9.17) is 0 Å². The fourth-order valence-corrected chi connectivity index (χ4v) is 2.90. The summed E-state index contributed by atoms with van der Waals surface area (Å²) in [4.78, 5) is 0. The van der Waals surface area contributed by atoms with E-state index in [1.165, 1.54) is 0 Å². The van der Waals surface area contributed by atoms with E-state index in [0.29, 0.717) is 12.1 Å². The van der Waals surface area contributed by atoms with Gasteiger partial charge in [0.15, 0.2) is 0 Å². The summed E-state index contributed by atoms with van der Waals surface area (Å²) in [5.74, 6) is 0.181. The number of hydrogen-bond donors (Lipinski definition) is 2. The van der Waals surface area contributed by atoms with Gasteiger partial charge >= 0.3 is 0 Å². The lowest BCUT2D eigenvalue weighted by atomic mass is 10.2. The molecule has 108 valence electrons. The molecule has 2 N–H and O–H groups in total. The van der Waals surface area contributed by atoms with E-state index < -0.39 is 10.0 Å². The first-order valence-corrected chi connectivity index (χ1v) is 8.57. The highest BCUT2D eigenvalue weighted by molar-refractivity contribution is 7.92. The van der Waals surface area contributed by atoms with Crippen LogP contribution in [0.25, 0.3) is 0 Å². The van der Waals surface area contributed by atoms with Crippen LogP contribution >= 0.6 is 0 Å². The van der Waals surface area contributed by atoms with Crippen molar-refractivity contribution in [3.63, 3.8) is 0 Å². The van der Waals surface area contributed by atoms with Crippen LogP contribution in [0.5, 0.6) is 0 Å². The molecule has 0 heterocycles. The second-order valence-corrected chi connectivity index (χ2v) is 6.47. The van der Waals surface area contributed by atoms with Gasteiger partial charge in [-0.05, 0) is 37.1 Å². The van der Waals surface area contributed by atoms with E-state index in [1.807, 2.05) is 19.1 Å². The number of benzene rings is 1. The van der Waals surface area contributed by atoms with Crippen molar-refractivity contribution in [3.8, 4) is 0 Å². The van der Waals surface area contributed by atoms with Crippen LogP contribution < -0.4 is 10.0 Å². The van der Waals surface area contributed by atoms with E-state index in [0.717, 1.165) is 31.5 Å². The van der Waals surface area contributed by atoms with Crippen molar-refractivity contribution in [1.82, 2.24) is 0 Å². The predicted octanol–water partition coefficient (Wildman–Crippen LogP) is 3.44. The highest BCUT2D eigenvalue weighted by Crippen LogP contribution is 2.15. The van der Waals surface area contributed by atoms with Gasteiger partial charge in [-0.25, -0.2) is 8.42 Å². The Morgan fingerprint density at radius 1 is 0.947 bits per heavy atom. The Kier molecular flexibility index (Phi) is 6.70. The molecule has 0 fully saturated rings. The number of nitrogens with one attached hydrogen (secondary N) is 2. The third kappa shape index (κ3) is 6.47. The number of anilines is 2. The fraction of sp³-hybridized carbons (Fsp3) is 0.571. The highest BCUT2D eigenvalue weighted by atomic mass is 32.2. The summed E-state index contributed by atoms with van der Waals surface area (Å²) in [5, 5.41) is 3.29. The maximum absolute atomic E-state index is 11.7. The zero-order chi connectivity index (χ0) is 14.1. The minimum Gasteiger partial charge on any atom is -0.385 e. The summed E-state index contributed by atoms with van der Waals surface area (Å²) in [5.41, 5.74) is 1.64. The fourth-order valence-electron chi connectivity index (χ4n) is 1.63. The maximum atomic E-state index is 11.7. The lowest BCUT2D eigenvalue weighted by molar-refractivity contribution is 0.598. The molecule has 5 heteroatoms. The molecule has 0 atom stereocenters. The van der Waals surface area contributed by atoms with Gasteiger partial charge in [0.1, 0.15) is 0 Å². The number of rotatable bonds is 9. The first kappa shape index (κ1) is 15.8. The quantitative estimate of drug-likeness (QED) is 0.683. The summed E-state index contributed by atoms with van der Waals surface area (Å²) in [7, 11) is -3.20. The molecule has 0 aliphatic carbocycles. The summed E-state index contributed by atoms with van der Waals surface area (Å²) in [6, 6.07) is 7.37. The number of hydrogen-bond acceptors (Lipinski definition) is 3. The Morgan fingerprint density at radius 3 is 2.11 bits per heavy atom. The molecule has 1 aromatic rings. The third-order valence-electron chi connectivity index (χ3n) is 2.78. The van der Waals surface area contributed by atoms with Gasteiger partial charge in [-0.15, -0.1) is 0 Å². The number of sulfonamides is 1. The van der Waals surface area contributed by atoms with Gasteiger partial charge < -0.3 is 5.32 Å². The molecule has 0 bridgehead atoms. The van der Waals surface area contributed by atoms with Crippen LogP contribution in [0, 0.1) is 0 Å². The topological polar surface area (TPSA) is 58.2 Å². The monoisotopic (exact) mass is 284 g/mol. The van der Waals surface area contributed by atoms with Crippen molar-refractivity contribution in [2.75, 3.05) is 22.3 Å². The second kappa shape index (κ2) is 8.04. The van der Waals surface area contributed by atoms with Gasteiger partial charge in [0, 0.05) is 17.9 Å². The minimum absolute atomic E-state index is 0.181. The Labute approximate surface area is 116 Å². The van der Waals surface area contributed by atoms with E-state index in [2.05, 4.69) is 17.0 Å². The molecule has 0 radical (unpaired) electrons. The van der Waals surface area contributed by atoms with Crippen molar-refractivity contribution >= 4 is 21.4 Å². The van der Waals surface area contributed by atoms with Crippen LogP contribution in [0.3, 0.4) is 0 Å². The molecule has 0 aliphatic heterocycles. The zero-order valence-corrected chi connectivity index (χ0v) is 12.6. The largest absolute Gasteiger partial charge is 0.385 e. The van der Waals surface area contributed by atoms with Crippen LogP contribution in [0.2, 0.25) is 0 Å². The molecule has 19 heavy (non-hydrogen) atoms. The van der Waals surface area contributed by atoms with Crippen LogP contribution in [-0.4, -0.2) is 20.7 Å². The van der Waals surface area contributed by atoms with Crippen LogP contribution in [0.1, 0.15) is 39.5 Å². The van der Waals surface area contributed by atoms with E-state index in [9.17, 15) is 8.42 Å². The Bertz CT molecular complexity index is 455. The molecule has 0 saturated carbocycles. The number of unbranched alkanes of at least 4 members (excludes halogenated alkanes) is 2. The van der Waals surface area contributed by atoms with Crippen molar-refractivity contribution < 1.29 is 8.42 Å². The van der Waals surface area contributed by atoms with E-state index >= 15 is 0 Å². The van der Waals surface area contributed by atoms with Gasteiger partial charge in [-0.1, -0.05) is 26.7 Å². The molecule has 0 unspecified atom stereocenters. The van der Waals surface area contributed by atoms with Gasteiger partial charge in [0.05, 0.1) is 5.75 Å². The molecule has 1 aromatic carbocycles. The van der Waals surface area contributed by atoms with Gasteiger partial charge in [0.25, 0.3) is 0 Å². The van der Waals surface area contributed by atoms with Crippen molar-refractivity contribution in [3.05, 3.63) is 24.3 Å². The summed E-state index contributed by atoms with van der Waals surface area (Å²) in [6.45, 7) is 5.07. The molecule has 1 rings (SSSR count). The van der Waals surface area contributed by atoms with Gasteiger partial charge in [-0.2, -0.15) is 0 Å². The summed E-state index contributed by atoms with van der Waals surface area (Å²) >= 11 is 0. The molecular weight excluding hydrogens is 260 g/mol. The molecule has 4 nitrogen and oxygen atoms in total. The normalized spacial score (nSPS) is 11.3. The minimum atomic E-state index is -3.20. The van der Waals surface area contributed by atoms with Crippen LogP contribution in [-0.2, 0) is 10.0 Å². The standard InChI is InChI=1S/C14H24N2O2S/c1-3-5-11-15-13-7-9-14(10-8-13)16-19(17,18)12-6-4-2/h7-10,15-16H,3-6,11-12H2,1-2H3. The summed E-state index contributed by atoms with van der Waals surface area (Å²) in [6.07, 6.45) is 3.85. The first-order chi connectivity index (χ1) is 9.07. The lowest BCUT2D eigenvalue weighted by Crippen LogP contribution is -2.16. The Hall–Kier alpha value is -1.23. The van der Waals surface area contributed by atoms with E-state index in [-0.39, 0.29) is 5.75 Å². The zero-order valence-electron chi connectivity index (χ0n) is 11.8. The average Bonchev–Trinajstić information content (AvgIpc) is 2.38. The van der Waals surface area contributed by atoms with Crippen molar-refractivity contribution in [2.24, 2.45) is 0 Å².